The maximum absolute atomic E-state index is 13.6. The Morgan fingerprint density at radius 2 is 0.500 bits per heavy atom. The number of benzene rings is 8. The Bertz CT molecular complexity index is 4520. The Hall–Kier alpha value is -5.44. The molecule has 0 fully saturated rings. The molecule has 0 unspecified atom stereocenters. The molecule has 4 aliphatic heterocycles. The zero-order valence-electron chi connectivity index (χ0n) is 41.2. The maximum Gasteiger partial charge on any atom is 0.259 e. The van der Waals surface area contributed by atoms with Crippen molar-refractivity contribution in [3.05, 3.63) is 220 Å². The molecular formula is C56H16Cl16N8O6. The zero-order chi connectivity index (χ0) is 61.5. The van der Waals surface area contributed by atoms with Gasteiger partial charge in [-0.05, 0) is 48.5 Å². The number of hydrogen-bond donors (Lipinski definition) is 4. The van der Waals surface area contributed by atoms with Gasteiger partial charge in [0.1, 0.15) is 23.3 Å². The Labute approximate surface area is 562 Å². The normalized spacial score (nSPS) is 16.3. The number of nitrogens with one attached hydrogen (secondary N) is 4. The van der Waals surface area contributed by atoms with E-state index in [-0.39, 0.29) is 182 Å². The van der Waals surface area contributed by atoms with Crippen LogP contribution in [0.4, 0.5) is 22.7 Å². The standard InChI is InChI=1S/C30H8Cl8N4O4.C26H8Cl8N4O2/c31-17-13-15(19(33)23(37)21(17)35)29(45)41-27(13)39-7-1-3-9-11(5-7)26(44)10-4-2-8(6-12(10)25(9)43)40-28-14-16(30(46)42-28)20(34)24(38)22(36)18(14)32;27-15-11-13(17(29)21(33)19(15)31)25(39)37-23(11)35-9-5-1-3-7-8(9)4-2-6-10(7)36-24-12-14(26(40)38-24)18(30)22(34)20(32)16(12)28/h1-6H,(H,39,41,45)(H,40,42,46);1-6H,(H,35,37,39)(H,36,38,40). The molecule has 4 heterocycles. The van der Waals surface area contributed by atoms with E-state index in [9.17, 15) is 28.8 Å². The first-order chi connectivity index (χ1) is 40.8. The number of rotatable bonds is 4. The number of hydrogen-bond acceptors (Lipinski definition) is 10. The molecule has 0 aromatic heterocycles. The number of halogens is 16. The predicted molar refractivity (Wildman–Crippen MR) is 344 cm³/mol. The van der Waals surface area contributed by atoms with Crippen molar-refractivity contribution in [2.45, 2.75) is 0 Å². The van der Waals surface area contributed by atoms with Gasteiger partial charge in [-0.1, -0.05) is 210 Å². The lowest BCUT2D eigenvalue weighted by Gasteiger charge is -2.18. The highest BCUT2D eigenvalue weighted by atomic mass is 35.5. The van der Waals surface area contributed by atoms with Crippen molar-refractivity contribution in [2.75, 3.05) is 0 Å². The van der Waals surface area contributed by atoms with Crippen molar-refractivity contribution < 1.29 is 28.8 Å². The van der Waals surface area contributed by atoms with Gasteiger partial charge in [0.2, 0.25) is 0 Å². The average molecular weight is 1460 g/mol. The number of aliphatic imine (C=N–C) groups is 4. The van der Waals surface area contributed by atoms with E-state index < -0.39 is 35.2 Å². The van der Waals surface area contributed by atoms with Gasteiger partial charge in [-0.25, -0.2) is 20.0 Å². The average Bonchev–Trinajstić information content (AvgIpc) is 1.64. The molecule has 428 valence electrons. The molecule has 0 atom stereocenters. The zero-order valence-corrected chi connectivity index (χ0v) is 53.3. The van der Waals surface area contributed by atoms with Crippen LogP contribution < -0.4 is 21.3 Å². The molecule has 8 aromatic rings. The fraction of sp³-hybridized carbons (Fsp3) is 0. The second-order valence-corrected chi connectivity index (χ2v) is 24.5. The molecule has 0 saturated heterocycles. The maximum atomic E-state index is 13.6. The molecule has 4 N–H and O–H groups in total. The molecular weight excluding hydrogens is 1450 g/mol. The van der Waals surface area contributed by atoms with E-state index in [1.165, 1.54) is 36.4 Å². The van der Waals surface area contributed by atoms with E-state index in [1.54, 1.807) is 24.3 Å². The van der Waals surface area contributed by atoms with Gasteiger partial charge in [-0.3, -0.25) is 28.8 Å². The summed E-state index contributed by atoms with van der Waals surface area (Å²) >= 11 is 100. The quantitative estimate of drug-likeness (QED) is 0.0997. The Morgan fingerprint density at radius 1 is 0.256 bits per heavy atom. The molecule has 0 radical (unpaired) electrons. The van der Waals surface area contributed by atoms with Crippen LogP contribution in [0.2, 0.25) is 80.4 Å². The summed E-state index contributed by atoms with van der Waals surface area (Å²) in [7, 11) is 0. The summed E-state index contributed by atoms with van der Waals surface area (Å²) in [6.45, 7) is 0. The highest BCUT2D eigenvalue weighted by molar-refractivity contribution is 6.59. The van der Waals surface area contributed by atoms with Crippen LogP contribution >= 0.6 is 186 Å². The first-order valence-electron chi connectivity index (χ1n) is 23.8. The minimum atomic E-state index is -0.588. The third-order valence-corrected chi connectivity index (χ3v) is 20.9. The van der Waals surface area contributed by atoms with Crippen LogP contribution in [0.1, 0.15) is 95.5 Å². The first kappa shape index (κ1) is 60.8. The molecule has 86 heavy (non-hydrogen) atoms. The largest absolute Gasteiger partial charge is 0.306 e. The molecule has 14 nitrogen and oxygen atoms in total. The molecule has 5 aliphatic rings. The van der Waals surface area contributed by atoms with E-state index in [4.69, 9.17) is 186 Å². The van der Waals surface area contributed by atoms with Gasteiger partial charge in [-0.2, -0.15) is 0 Å². The summed E-state index contributed by atoms with van der Waals surface area (Å²) in [5.74, 6) is -2.73. The molecule has 0 spiro atoms. The summed E-state index contributed by atoms with van der Waals surface area (Å²) < 4.78 is 0. The van der Waals surface area contributed by atoms with E-state index >= 15 is 0 Å². The van der Waals surface area contributed by atoms with Crippen LogP contribution in [-0.4, -0.2) is 58.5 Å². The van der Waals surface area contributed by atoms with Crippen molar-refractivity contribution in [1.82, 2.24) is 21.3 Å². The van der Waals surface area contributed by atoms with E-state index in [2.05, 4.69) is 41.2 Å². The highest BCUT2D eigenvalue weighted by Gasteiger charge is 2.39. The number of fused-ring (bicyclic) bond motifs is 7. The van der Waals surface area contributed by atoms with Crippen LogP contribution in [-0.2, 0) is 0 Å². The molecule has 1 aliphatic carbocycles. The topological polar surface area (TPSA) is 200 Å². The molecule has 8 aromatic carbocycles. The van der Waals surface area contributed by atoms with Crippen molar-refractivity contribution in [1.29, 1.82) is 0 Å². The van der Waals surface area contributed by atoms with Crippen LogP contribution in [0.15, 0.2) is 92.8 Å². The molecule has 0 bridgehead atoms. The van der Waals surface area contributed by atoms with Crippen molar-refractivity contribution in [3.8, 4) is 0 Å². The van der Waals surface area contributed by atoms with Crippen LogP contribution in [0, 0.1) is 0 Å². The third kappa shape index (κ3) is 9.71. The number of amidine groups is 4. The van der Waals surface area contributed by atoms with Gasteiger partial charge in [0, 0.05) is 33.0 Å². The third-order valence-electron chi connectivity index (χ3n) is 13.7. The lowest BCUT2D eigenvalue weighted by Crippen LogP contribution is -2.22. The number of amides is 4. The molecule has 13 rings (SSSR count). The summed E-state index contributed by atoms with van der Waals surface area (Å²) in [5, 5.41) is 11.4. The van der Waals surface area contributed by atoms with Gasteiger partial charge in [0.15, 0.2) is 11.6 Å². The van der Waals surface area contributed by atoms with E-state index in [0.717, 1.165) is 0 Å². The van der Waals surface area contributed by atoms with E-state index in [1.807, 2.05) is 12.1 Å². The summed E-state index contributed by atoms with van der Waals surface area (Å²) in [6, 6.07) is 19.4. The highest BCUT2D eigenvalue weighted by Crippen LogP contribution is 2.49. The summed E-state index contributed by atoms with van der Waals surface area (Å²) in [4.78, 5) is 96.2. The predicted octanol–water partition coefficient (Wildman–Crippen LogP) is 19.0. The lowest BCUT2D eigenvalue weighted by atomic mass is 9.83. The minimum absolute atomic E-state index is 0.00589. The smallest absolute Gasteiger partial charge is 0.259 e. The van der Waals surface area contributed by atoms with Gasteiger partial charge in [0.25, 0.3) is 23.6 Å². The lowest BCUT2D eigenvalue weighted by molar-refractivity contribution is 0.0975. The fourth-order valence-corrected chi connectivity index (χ4v) is 13.9. The number of nitrogens with zero attached hydrogens (tertiary/aromatic N) is 4. The fourth-order valence-electron chi connectivity index (χ4n) is 9.77. The number of carbonyl (C=O) groups is 6. The van der Waals surface area contributed by atoms with Crippen molar-refractivity contribution >= 4 is 278 Å². The van der Waals surface area contributed by atoms with Crippen LogP contribution in [0.25, 0.3) is 10.8 Å². The number of carbonyl (C=O) groups excluding carboxylic acids is 6. The minimum Gasteiger partial charge on any atom is -0.306 e. The Morgan fingerprint density at radius 3 is 0.767 bits per heavy atom. The van der Waals surface area contributed by atoms with Gasteiger partial charge < -0.3 is 21.3 Å². The van der Waals surface area contributed by atoms with Crippen LogP contribution in [0.3, 0.4) is 0 Å². The van der Waals surface area contributed by atoms with Crippen molar-refractivity contribution in [2.24, 2.45) is 20.0 Å². The van der Waals surface area contributed by atoms with Gasteiger partial charge >= 0.3 is 0 Å². The Kier molecular flexibility index (Phi) is 16.2. The monoisotopic (exact) mass is 1460 g/mol. The second-order valence-electron chi connectivity index (χ2n) is 18.4. The Balaban J connectivity index is 0.000000170. The summed E-state index contributed by atoms with van der Waals surface area (Å²) in [6.07, 6.45) is 0. The SMILES string of the molecule is O=C1NC(=Nc2cccc3c(N=C4NC(=O)c5c(Cl)c(Cl)c(Cl)c(Cl)c54)cccc23)c2c(Cl)c(Cl)c(Cl)c(Cl)c21.O=C1c2ccc(N=C3NC(=O)c4c(Cl)c(Cl)c(Cl)c(Cl)c43)cc2C(=O)c2ccc(N=C3NC(=O)c4c(Cl)c(Cl)c(Cl)c(Cl)c43)cc21. The second kappa shape index (κ2) is 22.9. The molecule has 0 saturated carbocycles. The van der Waals surface area contributed by atoms with Gasteiger partial charge in [0.05, 0.1) is 148 Å². The van der Waals surface area contributed by atoms with Crippen LogP contribution in [0.5, 0.6) is 0 Å². The van der Waals surface area contributed by atoms with Gasteiger partial charge in [-0.15, -0.1) is 0 Å². The molecule has 30 heteroatoms. The molecule has 4 amide bonds. The van der Waals surface area contributed by atoms with E-state index in [0.29, 0.717) is 22.1 Å². The van der Waals surface area contributed by atoms with Crippen molar-refractivity contribution in [3.63, 3.8) is 0 Å². The first-order valence-corrected chi connectivity index (χ1v) is 29.8. The number of ketones is 2. The summed E-state index contributed by atoms with van der Waals surface area (Å²) in [5.41, 5.74) is 2.82.